The van der Waals surface area contributed by atoms with E-state index in [9.17, 15) is 23.8 Å². The normalized spacial score (nSPS) is 18.8. The fraction of sp³-hybridized carbons (Fsp3) is 0.320. The number of halogens is 3. The van der Waals surface area contributed by atoms with E-state index in [1.807, 2.05) is 0 Å². The Balaban J connectivity index is 1.56. The summed E-state index contributed by atoms with van der Waals surface area (Å²) < 4.78 is 29.2. The zero-order chi connectivity index (χ0) is 25.1. The highest BCUT2D eigenvalue weighted by molar-refractivity contribution is 9.10. The number of hydrogen-bond donors (Lipinski definition) is 4. The number of rotatable bonds is 6. The molecule has 0 bridgehead atoms. The van der Waals surface area contributed by atoms with E-state index in [1.165, 1.54) is 24.3 Å². The molecule has 10 heteroatoms. The van der Waals surface area contributed by atoms with Crippen molar-refractivity contribution in [1.82, 2.24) is 15.3 Å². The molecule has 1 aromatic heterocycles. The smallest absolute Gasteiger partial charge is 0.254 e. The van der Waals surface area contributed by atoms with Gasteiger partial charge in [-0.3, -0.25) is 4.79 Å². The molecule has 1 amide bonds. The minimum atomic E-state index is -0.933. The van der Waals surface area contributed by atoms with E-state index < -0.39 is 30.2 Å². The number of nitrogens with two attached hydrogens (primary N) is 1. The van der Waals surface area contributed by atoms with E-state index in [1.54, 1.807) is 12.3 Å². The minimum absolute atomic E-state index is 0.0405. The number of nitrogens with zero attached hydrogens (tertiary/aromatic N) is 2. The van der Waals surface area contributed by atoms with Gasteiger partial charge in [0.15, 0.2) is 0 Å². The number of aliphatic hydroxyl groups is 2. The summed E-state index contributed by atoms with van der Waals surface area (Å²) >= 11 is 3.17. The quantitative estimate of drug-likeness (QED) is 0.366. The van der Waals surface area contributed by atoms with Crippen molar-refractivity contribution in [2.75, 3.05) is 12.3 Å². The molecule has 0 aliphatic heterocycles. The van der Waals surface area contributed by atoms with Crippen LogP contribution < -0.4 is 11.1 Å². The van der Waals surface area contributed by atoms with Crippen molar-refractivity contribution in [2.45, 2.75) is 43.7 Å². The third kappa shape index (κ3) is 5.83. The Morgan fingerprint density at radius 2 is 2.03 bits per heavy atom. The zero-order valence-electron chi connectivity index (χ0n) is 18.7. The number of hydrogen-bond acceptors (Lipinski definition) is 6. The molecule has 7 nitrogen and oxygen atoms in total. The van der Waals surface area contributed by atoms with Crippen molar-refractivity contribution in [3.05, 3.63) is 75.5 Å². The van der Waals surface area contributed by atoms with Crippen LogP contribution >= 0.6 is 15.9 Å². The maximum atomic E-state index is 15.0. The first kappa shape index (κ1) is 25.2. The van der Waals surface area contributed by atoms with Gasteiger partial charge in [-0.25, -0.2) is 18.7 Å². The van der Waals surface area contributed by atoms with Crippen molar-refractivity contribution < 1.29 is 23.8 Å². The van der Waals surface area contributed by atoms with Crippen LogP contribution in [0.15, 0.2) is 47.1 Å². The van der Waals surface area contributed by atoms with Crippen molar-refractivity contribution >= 4 is 27.7 Å². The van der Waals surface area contributed by atoms with Crippen LogP contribution in [0.25, 0.3) is 11.3 Å². The topological polar surface area (TPSA) is 121 Å². The molecule has 1 aliphatic carbocycles. The molecule has 35 heavy (non-hydrogen) atoms. The van der Waals surface area contributed by atoms with Crippen LogP contribution in [-0.4, -0.2) is 38.8 Å². The third-order valence-electron chi connectivity index (χ3n) is 6.15. The standard InChI is InChI=1S/C25H25BrF2N4O3/c26-16-6-15(7-17(27)10-16)22(12-33)32-25(35)19-5-4-14(9-20(19)28)23-24(29)30-11-21(31-23)13-2-1-3-18(34)8-13/h4-7,9-11,13,18,22,33-34H,1-3,8,12H2,(H2,29,30)(H,32,35)/t13?,18?,22-/m1/s1. The fourth-order valence-corrected chi connectivity index (χ4v) is 4.83. The largest absolute Gasteiger partial charge is 0.394 e. The minimum Gasteiger partial charge on any atom is -0.394 e. The lowest BCUT2D eigenvalue weighted by atomic mass is 9.85. The van der Waals surface area contributed by atoms with Crippen LogP contribution in [0.5, 0.6) is 0 Å². The summed E-state index contributed by atoms with van der Waals surface area (Å²) in [6, 6.07) is 7.03. The molecule has 0 saturated heterocycles. The van der Waals surface area contributed by atoms with Crippen LogP contribution in [0, 0.1) is 11.6 Å². The first-order valence-corrected chi connectivity index (χ1v) is 12.0. The zero-order valence-corrected chi connectivity index (χ0v) is 20.3. The summed E-state index contributed by atoms with van der Waals surface area (Å²) in [6.07, 6.45) is 4.29. The number of aromatic nitrogens is 2. The second-order valence-corrected chi connectivity index (χ2v) is 9.57. The van der Waals surface area contributed by atoms with Gasteiger partial charge in [0.05, 0.1) is 36.2 Å². The van der Waals surface area contributed by atoms with Gasteiger partial charge in [-0.1, -0.05) is 28.4 Å². The maximum Gasteiger partial charge on any atom is 0.254 e. The van der Waals surface area contributed by atoms with E-state index in [2.05, 4.69) is 31.2 Å². The number of nitrogens with one attached hydrogen (secondary N) is 1. The number of nitrogen functional groups attached to an aromatic ring is 1. The van der Waals surface area contributed by atoms with E-state index in [4.69, 9.17) is 5.73 Å². The molecular formula is C25H25BrF2N4O3. The maximum absolute atomic E-state index is 15.0. The Morgan fingerprint density at radius 1 is 1.23 bits per heavy atom. The van der Waals surface area contributed by atoms with E-state index >= 15 is 0 Å². The lowest BCUT2D eigenvalue weighted by Gasteiger charge is -2.25. The van der Waals surface area contributed by atoms with Crippen LogP contribution in [0.2, 0.25) is 0 Å². The fourth-order valence-electron chi connectivity index (χ4n) is 4.35. The number of carbonyl (C=O) groups is 1. The first-order valence-electron chi connectivity index (χ1n) is 11.2. The van der Waals surface area contributed by atoms with Crippen molar-refractivity contribution in [2.24, 2.45) is 0 Å². The van der Waals surface area contributed by atoms with Crippen molar-refractivity contribution in [3.8, 4) is 11.3 Å². The average molecular weight is 547 g/mol. The number of benzene rings is 2. The predicted octanol–water partition coefficient (Wildman–Crippen LogP) is 4.25. The summed E-state index contributed by atoms with van der Waals surface area (Å²) in [5, 5.41) is 22.2. The molecule has 184 valence electrons. The van der Waals surface area contributed by atoms with Crippen molar-refractivity contribution in [3.63, 3.8) is 0 Å². The van der Waals surface area contributed by atoms with Gasteiger partial charge in [-0.15, -0.1) is 0 Å². The molecule has 5 N–H and O–H groups in total. The van der Waals surface area contributed by atoms with Gasteiger partial charge in [0.2, 0.25) is 0 Å². The first-order chi connectivity index (χ1) is 16.7. The molecule has 2 aromatic carbocycles. The summed E-state index contributed by atoms with van der Waals surface area (Å²) in [5.74, 6) is -1.95. The predicted molar refractivity (Wildman–Crippen MR) is 130 cm³/mol. The number of aliphatic hydroxyl groups excluding tert-OH is 2. The summed E-state index contributed by atoms with van der Waals surface area (Å²) in [7, 11) is 0. The van der Waals surface area contributed by atoms with E-state index in [-0.39, 0.29) is 23.4 Å². The molecule has 0 spiro atoms. The van der Waals surface area contributed by atoms with Crippen LogP contribution in [0.3, 0.4) is 0 Å². The van der Waals surface area contributed by atoms with Gasteiger partial charge in [0.25, 0.3) is 5.91 Å². The van der Waals surface area contributed by atoms with Gasteiger partial charge < -0.3 is 21.3 Å². The molecule has 1 fully saturated rings. The Kier molecular flexibility index (Phi) is 7.73. The molecular weight excluding hydrogens is 522 g/mol. The summed E-state index contributed by atoms with van der Waals surface area (Å²) in [4.78, 5) is 21.5. The SMILES string of the molecule is Nc1ncc(C2CCCC(O)C2)nc1-c1ccc(C(=O)N[C@H](CO)c2cc(F)cc(Br)c2)c(F)c1. The summed E-state index contributed by atoms with van der Waals surface area (Å²) in [5.41, 5.74) is 7.43. The lowest BCUT2D eigenvalue weighted by Crippen LogP contribution is -2.31. The Morgan fingerprint density at radius 3 is 2.71 bits per heavy atom. The second-order valence-electron chi connectivity index (χ2n) is 8.65. The van der Waals surface area contributed by atoms with Gasteiger partial charge in [-0.05, 0) is 55.2 Å². The lowest BCUT2D eigenvalue weighted by molar-refractivity contribution is 0.0912. The Hall–Kier alpha value is -2.95. The van der Waals surface area contributed by atoms with Gasteiger partial charge in [-0.2, -0.15) is 0 Å². The van der Waals surface area contributed by atoms with Crippen LogP contribution in [-0.2, 0) is 0 Å². The van der Waals surface area contributed by atoms with Gasteiger partial charge in [0, 0.05) is 16.0 Å². The molecule has 4 rings (SSSR count). The molecule has 3 aromatic rings. The number of anilines is 1. The molecule has 1 heterocycles. The highest BCUT2D eigenvalue weighted by atomic mass is 79.9. The Labute approximate surface area is 209 Å². The highest BCUT2D eigenvalue weighted by Gasteiger charge is 2.24. The molecule has 3 atom stereocenters. The number of amides is 1. The van der Waals surface area contributed by atoms with Crippen LogP contribution in [0.4, 0.5) is 14.6 Å². The van der Waals surface area contributed by atoms with E-state index in [0.29, 0.717) is 33.4 Å². The highest BCUT2D eigenvalue weighted by Crippen LogP contribution is 2.34. The van der Waals surface area contributed by atoms with Gasteiger partial charge in [0.1, 0.15) is 23.1 Å². The Bertz CT molecular complexity index is 1220. The molecule has 2 unspecified atom stereocenters. The monoisotopic (exact) mass is 546 g/mol. The van der Waals surface area contributed by atoms with Crippen molar-refractivity contribution in [1.29, 1.82) is 0 Å². The average Bonchev–Trinajstić information content (AvgIpc) is 2.82. The summed E-state index contributed by atoms with van der Waals surface area (Å²) in [6.45, 7) is -0.504. The van der Waals surface area contributed by atoms with Crippen LogP contribution in [0.1, 0.15) is 59.3 Å². The molecule has 1 aliphatic rings. The molecule has 1 saturated carbocycles. The second kappa shape index (κ2) is 10.8. The van der Waals surface area contributed by atoms with E-state index in [0.717, 1.165) is 25.3 Å². The molecule has 0 radical (unpaired) electrons. The number of carbonyl (C=O) groups excluding carboxylic acids is 1. The third-order valence-corrected chi connectivity index (χ3v) is 6.60. The van der Waals surface area contributed by atoms with Gasteiger partial charge >= 0.3 is 0 Å².